The molecule has 1 aromatic rings. The van der Waals surface area contributed by atoms with Crippen molar-refractivity contribution in [3.63, 3.8) is 0 Å². The lowest BCUT2D eigenvalue weighted by Gasteiger charge is -2.15. The van der Waals surface area contributed by atoms with E-state index in [2.05, 4.69) is 15.6 Å². The van der Waals surface area contributed by atoms with E-state index in [1.807, 2.05) is 13.8 Å². The maximum Gasteiger partial charge on any atom is 0.360 e. The van der Waals surface area contributed by atoms with E-state index >= 15 is 0 Å². The average molecular weight is 317 g/mol. The zero-order chi connectivity index (χ0) is 16.0. The molecule has 1 heterocycles. The van der Waals surface area contributed by atoms with E-state index in [1.165, 1.54) is 4.68 Å². The quantitative estimate of drug-likeness (QED) is 0.609. The molecule has 0 bridgehead atoms. The van der Waals surface area contributed by atoms with Crippen LogP contribution in [0.15, 0.2) is 0 Å². The fraction of sp³-hybridized carbons (Fsp3) is 0.692. The van der Waals surface area contributed by atoms with Crippen molar-refractivity contribution in [2.24, 2.45) is 5.92 Å². The molecule has 118 valence electrons. The Kier molecular flexibility index (Phi) is 6.61. The summed E-state index contributed by atoms with van der Waals surface area (Å²) < 4.78 is 6.25. The zero-order valence-corrected chi connectivity index (χ0v) is 13.5. The number of rotatable bonds is 7. The maximum absolute atomic E-state index is 12.1. The number of esters is 1. The van der Waals surface area contributed by atoms with Gasteiger partial charge in [0, 0.05) is 6.54 Å². The second kappa shape index (κ2) is 7.97. The van der Waals surface area contributed by atoms with E-state index in [0.29, 0.717) is 18.2 Å². The fourth-order valence-corrected chi connectivity index (χ4v) is 1.92. The van der Waals surface area contributed by atoms with Gasteiger partial charge in [0.1, 0.15) is 6.04 Å². The molecule has 1 amide bonds. The fourth-order valence-electron chi connectivity index (χ4n) is 1.67. The highest BCUT2D eigenvalue weighted by molar-refractivity contribution is 6.17. The number of amides is 1. The molecule has 0 saturated heterocycles. The van der Waals surface area contributed by atoms with Gasteiger partial charge in [0.15, 0.2) is 5.69 Å². The maximum atomic E-state index is 12.1. The Labute approximate surface area is 129 Å². The summed E-state index contributed by atoms with van der Waals surface area (Å²) in [5.41, 5.74) is 0.428. The second-order valence-corrected chi connectivity index (χ2v) is 5.27. The molecule has 1 atom stereocenters. The minimum atomic E-state index is -0.604. The van der Waals surface area contributed by atoms with Gasteiger partial charge in [-0.1, -0.05) is 19.1 Å². The van der Waals surface area contributed by atoms with Gasteiger partial charge < -0.3 is 10.1 Å². The van der Waals surface area contributed by atoms with Gasteiger partial charge in [-0.25, -0.2) is 9.48 Å². The number of aromatic nitrogens is 3. The van der Waals surface area contributed by atoms with Crippen LogP contribution in [0, 0.1) is 5.92 Å². The molecule has 7 nitrogen and oxygen atoms in total. The van der Waals surface area contributed by atoms with Crippen molar-refractivity contribution in [2.45, 2.75) is 39.6 Å². The summed E-state index contributed by atoms with van der Waals surface area (Å²) in [4.78, 5) is 23.8. The molecule has 0 saturated carbocycles. The number of ether oxygens (including phenoxy) is 1. The SMILES string of the molecule is CCOC(=O)c1nnn(C(C)C(=O)NCC(C)C)c1CCl. The Hall–Kier alpha value is -1.63. The first kappa shape index (κ1) is 17.4. The van der Waals surface area contributed by atoms with Crippen molar-refractivity contribution in [3.05, 3.63) is 11.4 Å². The van der Waals surface area contributed by atoms with Crippen LogP contribution in [0.4, 0.5) is 0 Å². The van der Waals surface area contributed by atoms with Crippen molar-refractivity contribution < 1.29 is 14.3 Å². The van der Waals surface area contributed by atoms with Gasteiger partial charge in [0.05, 0.1) is 18.2 Å². The number of alkyl halides is 1. The smallest absolute Gasteiger partial charge is 0.360 e. The van der Waals surface area contributed by atoms with E-state index < -0.39 is 12.0 Å². The summed E-state index contributed by atoms with van der Waals surface area (Å²) in [5, 5.41) is 10.4. The van der Waals surface area contributed by atoms with Crippen molar-refractivity contribution >= 4 is 23.5 Å². The molecule has 0 aliphatic rings. The van der Waals surface area contributed by atoms with Crippen LogP contribution in [-0.2, 0) is 15.4 Å². The van der Waals surface area contributed by atoms with Crippen LogP contribution >= 0.6 is 11.6 Å². The van der Waals surface area contributed by atoms with Crippen molar-refractivity contribution in [3.8, 4) is 0 Å². The van der Waals surface area contributed by atoms with Gasteiger partial charge in [0.25, 0.3) is 0 Å². The number of hydrogen-bond donors (Lipinski definition) is 1. The van der Waals surface area contributed by atoms with Gasteiger partial charge in [-0.15, -0.1) is 16.7 Å². The molecule has 1 aromatic heterocycles. The predicted octanol–water partition coefficient (Wildman–Crippen LogP) is 1.53. The van der Waals surface area contributed by atoms with Gasteiger partial charge in [-0.3, -0.25) is 4.79 Å². The minimum Gasteiger partial charge on any atom is -0.461 e. The Balaban J connectivity index is 2.92. The van der Waals surface area contributed by atoms with E-state index in [4.69, 9.17) is 16.3 Å². The molecule has 0 fully saturated rings. The minimum absolute atomic E-state index is 0.0168. The van der Waals surface area contributed by atoms with Crippen LogP contribution in [0.25, 0.3) is 0 Å². The molecule has 0 radical (unpaired) electrons. The lowest BCUT2D eigenvalue weighted by molar-refractivity contribution is -0.124. The number of hydrogen-bond acceptors (Lipinski definition) is 5. The lowest BCUT2D eigenvalue weighted by Crippen LogP contribution is -2.34. The van der Waals surface area contributed by atoms with E-state index in [1.54, 1.807) is 13.8 Å². The van der Waals surface area contributed by atoms with Crippen molar-refractivity contribution in [1.82, 2.24) is 20.3 Å². The van der Waals surface area contributed by atoms with Crippen LogP contribution in [0.5, 0.6) is 0 Å². The summed E-state index contributed by atoms with van der Waals surface area (Å²) in [6, 6.07) is -0.604. The number of carbonyl (C=O) groups is 2. The molecular formula is C13H21ClN4O3. The highest BCUT2D eigenvalue weighted by Gasteiger charge is 2.25. The Morgan fingerprint density at radius 2 is 2.05 bits per heavy atom. The molecule has 1 rings (SSSR count). The van der Waals surface area contributed by atoms with Crippen LogP contribution in [0.1, 0.15) is 49.9 Å². The summed E-state index contributed by atoms with van der Waals surface area (Å²) in [6.07, 6.45) is 0. The van der Waals surface area contributed by atoms with Gasteiger partial charge >= 0.3 is 5.97 Å². The third-order valence-corrected chi connectivity index (χ3v) is 3.07. The normalized spacial score (nSPS) is 12.3. The van der Waals surface area contributed by atoms with Crippen LogP contribution < -0.4 is 5.32 Å². The average Bonchev–Trinajstić information content (AvgIpc) is 2.87. The first-order valence-corrected chi connectivity index (χ1v) is 7.40. The largest absolute Gasteiger partial charge is 0.461 e. The molecule has 0 aromatic carbocycles. The van der Waals surface area contributed by atoms with Crippen molar-refractivity contribution in [2.75, 3.05) is 13.2 Å². The highest BCUT2D eigenvalue weighted by Crippen LogP contribution is 2.15. The molecule has 1 N–H and O–H groups in total. The molecular weight excluding hydrogens is 296 g/mol. The molecule has 0 aliphatic heterocycles. The summed E-state index contributed by atoms with van der Waals surface area (Å²) >= 11 is 5.86. The third kappa shape index (κ3) is 4.42. The Bertz CT molecular complexity index is 502. The predicted molar refractivity (Wildman–Crippen MR) is 78.1 cm³/mol. The summed E-state index contributed by atoms with van der Waals surface area (Å²) in [6.45, 7) is 8.18. The zero-order valence-electron chi connectivity index (χ0n) is 12.7. The van der Waals surface area contributed by atoms with Gasteiger partial charge in [-0.05, 0) is 19.8 Å². The van der Waals surface area contributed by atoms with Crippen LogP contribution in [0.3, 0.4) is 0 Å². The van der Waals surface area contributed by atoms with E-state index in [0.717, 1.165) is 0 Å². The summed E-state index contributed by atoms with van der Waals surface area (Å²) in [7, 11) is 0. The number of nitrogens with zero attached hydrogens (tertiary/aromatic N) is 3. The highest BCUT2D eigenvalue weighted by atomic mass is 35.5. The van der Waals surface area contributed by atoms with Crippen LogP contribution in [0.2, 0.25) is 0 Å². The molecule has 0 spiro atoms. The topological polar surface area (TPSA) is 86.1 Å². The number of nitrogens with one attached hydrogen (secondary N) is 1. The van der Waals surface area contributed by atoms with Crippen molar-refractivity contribution in [1.29, 1.82) is 0 Å². The second-order valence-electron chi connectivity index (χ2n) is 5.00. The Morgan fingerprint density at radius 1 is 1.38 bits per heavy atom. The van der Waals surface area contributed by atoms with Gasteiger partial charge in [0.2, 0.25) is 5.91 Å². The van der Waals surface area contributed by atoms with Gasteiger partial charge in [-0.2, -0.15) is 0 Å². The first-order valence-electron chi connectivity index (χ1n) is 6.87. The van der Waals surface area contributed by atoms with E-state index in [9.17, 15) is 9.59 Å². The number of halogens is 1. The monoisotopic (exact) mass is 316 g/mol. The first-order chi connectivity index (χ1) is 9.92. The summed E-state index contributed by atoms with van der Waals surface area (Å²) in [5.74, 6) is -0.424. The standard InChI is InChI=1S/C13H21ClN4O3/c1-5-21-13(20)11-10(6-14)18(17-16-11)9(4)12(19)15-7-8(2)3/h8-9H,5-7H2,1-4H3,(H,15,19). The molecule has 0 aliphatic carbocycles. The Morgan fingerprint density at radius 3 is 2.57 bits per heavy atom. The molecule has 1 unspecified atom stereocenters. The molecule has 8 heteroatoms. The third-order valence-electron chi connectivity index (χ3n) is 2.82. The van der Waals surface area contributed by atoms with E-state index in [-0.39, 0.29) is 24.1 Å². The van der Waals surface area contributed by atoms with Crippen LogP contribution in [-0.4, -0.2) is 40.0 Å². The lowest BCUT2D eigenvalue weighted by atomic mass is 10.2. The molecule has 21 heavy (non-hydrogen) atoms. The number of carbonyl (C=O) groups excluding carboxylic acids is 2.